The Kier molecular flexibility index (Phi) is 14.2. The van der Waals surface area contributed by atoms with Crippen LogP contribution in [0.25, 0.3) is 0 Å². The Bertz CT molecular complexity index is 461. The second-order valence-corrected chi connectivity index (χ2v) is 8.89. The molecule has 0 bridgehead atoms. The predicted octanol–water partition coefficient (Wildman–Crippen LogP) is 9.32. The Morgan fingerprint density at radius 2 is 1.04 bits per heavy atom. The summed E-state index contributed by atoms with van der Waals surface area (Å²) < 4.78 is 0. The summed E-state index contributed by atoms with van der Waals surface area (Å²) in [4.78, 5) is 0. The van der Waals surface area contributed by atoms with Crippen LogP contribution in [0.2, 0.25) is 0 Å². The van der Waals surface area contributed by atoms with E-state index in [1.807, 2.05) is 12.1 Å². The molecule has 0 aliphatic carbocycles. The molecule has 1 aromatic carbocycles. The zero-order valence-corrected chi connectivity index (χ0v) is 19.3. The van der Waals surface area contributed by atoms with E-state index in [0.29, 0.717) is 5.75 Å². The molecule has 1 nitrogen and oxygen atoms in total. The fourth-order valence-corrected chi connectivity index (χ4v) is 4.70. The van der Waals surface area contributed by atoms with E-state index in [9.17, 15) is 5.11 Å². The lowest BCUT2D eigenvalue weighted by atomic mass is 9.70. The van der Waals surface area contributed by atoms with Crippen molar-refractivity contribution in [2.75, 3.05) is 0 Å². The van der Waals surface area contributed by atoms with E-state index >= 15 is 0 Å². The molecule has 1 rings (SSSR count). The normalized spacial score (nSPS) is 11.8. The number of hydrogen-bond donors (Lipinski definition) is 1. The maximum atomic E-state index is 10.6. The Hall–Kier alpha value is -0.980. The number of rotatable bonds is 18. The molecule has 1 N–H and O–H groups in total. The summed E-state index contributed by atoms with van der Waals surface area (Å²) in [6.07, 6.45) is 22.6. The van der Waals surface area contributed by atoms with Gasteiger partial charge in [0.05, 0.1) is 0 Å². The molecule has 1 aromatic rings. The highest BCUT2D eigenvalue weighted by Crippen LogP contribution is 2.42. The van der Waals surface area contributed by atoms with Crippen LogP contribution in [0.1, 0.15) is 135 Å². The van der Waals surface area contributed by atoms with E-state index in [1.165, 1.54) is 108 Å². The molecule has 1 heteroatoms. The first-order valence-corrected chi connectivity index (χ1v) is 12.5. The van der Waals surface area contributed by atoms with E-state index in [2.05, 4.69) is 32.9 Å². The van der Waals surface area contributed by atoms with Gasteiger partial charge in [0, 0.05) is 5.56 Å². The zero-order chi connectivity index (χ0) is 20.5. The minimum Gasteiger partial charge on any atom is -0.508 e. The lowest BCUT2D eigenvalue weighted by Gasteiger charge is -2.34. The van der Waals surface area contributed by atoms with Gasteiger partial charge in [-0.25, -0.2) is 0 Å². The number of benzene rings is 1. The maximum absolute atomic E-state index is 10.6. The number of aromatic hydroxyl groups is 1. The largest absolute Gasteiger partial charge is 0.508 e. The third-order valence-corrected chi connectivity index (χ3v) is 6.67. The molecule has 0 saturated carbocycles. The van der Waals surface area contributed by atoms with E-state index in [1.54, 1.807) is 0 Å². The average Bonchev–Trinajstić information content (AvgIpc) is 2.71. The van der Waals surface area contributed by atoms with E-state index in [4.69, 9.17) is 0 Å². The molecule has 0 spiro atoms. The molecule has 0 heterocycles. The summed E-state index contributed by atoms with van der Waals surface area (Å²) in [5.74, 6) is 0.509. The molecule has 0 aromatic heterocycles. The van der Waals surface area contributed by atoms with Crippen molar-refractivity contribution in [1.82, 2.24) is 0 Å². The number of phenolic OH excluding ortho intramolecular Hbond substituents is 1. The highest BCUT2D eigenvalue weighted by Gasteiger charge is 2.31. The highest BCUT2D eigenvalue weighted by molar-refractivity contribution is 5.38. The minimum atomic E-state index is 0.165. The molecular formula is C27H48O. The minimum absolute atomic E-state index is 0.165. The third kappa shape index (κ3) is 9.48. The summed E-state index contributed by atoms with van der Waals surface area (Å²) in [6.45, 7) is 6.90. The second kappa shape index (κ2) is 15.9. The summed E-state index contributed by atoms with van der Waals surface area (Å²) >= 11 is 0. The lowest BCUT2D eigenvalue weighted by Crippen LogP contribution is -2.25. The third-order valence-electron chi connectivity index (χ3n) is 6.67. The Morgan fingerprint density at radius 1 is 0.607 bits per heavy atom. The van der Waals surface area contributed by atoms with Gasteiger partial charge in [-0.2, -0.15) is 0 Å². The Labute approximate surface area is 176 Å². The van der Waals surface area contributed by atoms with Crippen molar-refractivity contribution in [3.05, 3.63) is 29.8 Å². The molecule has 0 aliphatic heterocycles. The quantitative estimate of drug-likeness (QED) is 0.248. The van der Waals surface area contributed by atoms with Crippen molar-refractivity contribution < 1.29 is 5.11 Å². The van der Waals surface area contributed by atoms with Gasteiger partial charge in [-0.1, -0.05) is 129 Å². The van der Waals surface area contributed by atoms with Crippen molar-refractivity contribution in [2.45, 2.75) is 135 Å². The fourth-order valence-electron chi connectivity index (χ4n) is 4.70. The number of para-hydroxylation sites is 1. The molecule has 0 aliphatic rings. The molecule has 0 saturated heterocycles. The highest BCUT2D eigenvalue weighted by atomic mass is 16.3. The predicted molar refractivity (Wildman–Crippen MR) is 125 cm³/mol. The summed E-state index contributed by atoms with van der Waals surface area (Å²) in [5.41, 5.74) is 1.37. The Balaban J connectivity index is 2.57. The first-order chi connectivity index (χ1) is 13.7. The smallest absolute Gasteiger partial charge is 0.119 e. The maximum Gasteiger partial charge on any atom is 0.119 e. The average molecular weight is 389 g/mol. The van der Waals surface area contributed by atoms with Gasteiger partial charge >= 0.3 is 0 Å². The SMILES string of the molecule is CCCCCCCCCC(CC)(CCCCCCCCC)c1ccccc1O. The van der Waals surface area contributed by atoms with Gasteiger partial charge in [0.25, 0.3) is 0 Å². The van der Waals surface area contributed by atoms with Gasteiger partial charge in [0.2, 0.25) is 0 Å². The van der Waals surface area contributed by atoms with Crippen LogP contribution >= 0.6 is 0 Å². The van der Waals surface area contributed by atoms with E-state index < -0.39 is 0 Å². The molecule has 0 atom stereocenters. The van der Waals surface area contributed by atoms with Gasteiger partial charge in [0.1, 0.15) is 5.75 Å². The van der Waals surface area contributed by atoms with Crippen LogP contribution in [0.3, 0.4) is 0 Å². The first-order valence-electron chi connectivity index (χ1n) is 12.5. The zero-order valence-electron chi connectivity index (χ0n) is 19.3. The van der Waals surface area contributed by atoms with Crippen LogP contribution in [0, 0.1) is 0 Å². The van der Waals surface area contributed by atoms with Crippen LogP contribution in [0.4, 0.5) is 0 Å². The van der Waals surface area contributed by atoms with Gasteiger partial charge in [0.15, 0.2) is 0 Å². The number of unbranched alkanes of at least 4 members (excludes halogenated alkanes) is 12. The molecule has 28 heavy (non-hydrogen) atoms. The number of hydrogen-bond acceptors (Lipinski definition) is 1. The molecule has 0 unspecified atom stereocenters. The van der Waals surface area contributed by atoms with Crippen molar-refractivity contribution in [3.63, 3.8) is 0 Å². The van der Waals surface area contributed by atoms with Crippen LogP contribution in [0.5, 0.6) is 5.75 Å². The molecule has 0 amide bonds. The molecule has 0 radical (unpaired) electrons. The van der Waals surface area contributed by atoms with Crippen molar-refractivity contribution >= 4 is 0 Å². The van der Waals surface area contributed by atoms with Crippen LogP contribution in [-0.4, -0.2) is 5.11 Å². The molecule has 0 fully saturated rings. The van der Waals surface area contributed by atoms with Gasteiger partial charge in [-0.05, 0) is 30.7 Å². The first kappa shape index (κ1) is 25.1. The van der Waals surface area contributed by atoms with Crippen molar-refractivity contribution in [1.29, 1.82) is 0 Å². The molecule has 162 valence electrons. The lowest BCUT2D eigenvalue weighted by molar-refractivity contribution is 0.309. The number of phenols is 1. The summed E-state index contributed by atoms with van der Waals surface area (Å²) in [6, 6.07) is 8.13. The van der Waals surface area contributed by atoms with Gasteiger partial charge < -0.3 is 5.11 Å². The molecular weight excluding hydrogens is 340 g/mol. The van der Waals surface area contributed by atoms with E-state index in [0.717, 1.165) is 6.42 Å². The summed E-state index contributed by atoms with van der Waals surface area (Å²) in [7, 11) is 0. The van der Waals surface area contributed by atoms with Gasteiger partial charge in [-0.3, -0.25) is 0 Å². The van der Waals surface area contributed by atoms with E-state index in [-0.39, 0.29) is 5.41 Å². The van der Waals surface area contributed by atoms with Crippen LogP contribution in [-0.2, 0) is 5.41 Å². The van der Waals surface area contributed by atoms with Crippen molar-refractivity contribution in [2.24, 2.45) is 0 Å². The second-order valence-electron chi connectivity index (χ2n) is 8.89. The van der Waals surface area contributed by atoms with Crippen molar-refractivity contribution in [3.8, 4) is 5.75 Å². The van der Waals surface area contributed by atoms with Crippen LogP contribution in [0.15, 0.2) is 24.3 Å². The van der Waals surface area contributed by atoms with Crippen LogP contribution < -0.4 is 0 Å². The fraction of sp³-hybridized carbons (Fsp3) is 0.778. The van der Waals surface area contributed by atoms with Gasteiger partial charge in [-0.15, -0.1) is 0 Å². The Morgan fingerprint density at radius 3 is 1.46 bits per heavy atom. The topological polar surface area (TPSA) is 20.2 Å². The monoisotopic (exact) mass is 388 g/mol. The standard InChI is InChI=1S/C27H48O/c1-4-7-9-11-13-15-19-23-27(6-3,25-21-17-18-22-26(25)28)24-20-16-14-12-10-8-5-2/h17-18,21-22,28H,4-16,19-20,23-24H2,1-3H3. The summed E-state index contributed by atoms with van der Waals surface area (Å²) in [5, 5.41) is 10.6.